The Labute approximate surface area is 76.2 Å². The molecule has 0 aliphatic heterocycles. The summed E-state index contributed by atoms with van der Waals surface area (Å²) in [5.74, 6) is 1.76. The average Bonchev–Trinajstić information content (AvgIpc) is 2.31. The second kappa shape index (κ2) is 3.37. The van der Waals surface area contributed by atoms with E-state index in [1.807, 2.05) is 0 Å². The zero-order valence-electron chi connectivity index (χ0n) is 8.80. The van der Waals surface area contributed by atoms with Crippen LogP contribution in [0.1, 0.15) is 47.0 Å². The summed E-state index contributed by atoms with van der Waals surface area (Å²) >= 11 is 0. The molecule has 0 spiro atoms. The summed E-state index contributed by atoms with van der Waals surface area (Å²) in [7, 11) is 0. The van der Waals surface area contributed by atoms with Crippen molar-refractivity contribution in [1.82, 2.24) is 0 Å². The number of aliphatic hydroxyl groups is 1. The molecule has 0 saturated heterocycles. The molecule has 72 valence electrons. The van der Waals surface area contributed by atoms with Crippen LogP contribution in [0.4, 0.5) is 0 Å². The van der Waals surface area contributed by atoms with Crippen LogP contribution in [0.3, 0.4) is 0 Å². The first kappa shape index (κ1) is 10.0. The summed E-state index contributed by atoms with van der Waals surface area (Å²) in [5.41, 5.74) is -0.354. The largest absolute Gasteiger partial charge is 0.390 e. The molecule has 0 aromatic rings. The summed E-state index contributed by atoms with van der Waals surface area (Å²) in [6.45, 7) is 8.82. The molecule has 0 aromatic carbocycles. The summed E-state index contributed by atoms with van der Waals surface area (Å²) < 4.78 is 0. The number of hydrogen-bond donors (Lipinski definition) is 1. The maximum Gasteiger partial charge on any atom is 0.0678 e. The van der Waals surface area contributed by atoms with Crippen LogP contribution in [0.2, 0.25) is 0 Å². The first-order valence-electron chi connectivity index (χ1n) is 5.18. The Bertz CT molecular complexity index is 153. The lowest BCUT2D eigenvalue weighted by atomic mass is 9.79. The molecule has 0 aromatic heterocycles. The molecule has 3 unspecified atom stereocenters. The highest BCUT2D eigenvalue weighted by atomic mass is 16.3. The summed E-state index contributed by atoms with van der Waals surface area (Å²) in [4.78, 5) is 0. The first-order chi connectivity index (χ1) is 5.46. The third kappa shape index (κ3) is 1.82. The Morgan fingerprint density at radius 1 is 1.33 bits per heavy atom. The van der Waals surface area contributed by atoms with Crippen LogP contribution in [0.25, 0.3) is 0 Å². The maximum absolute atomic E-state index is 10.3. The van der Waals surface area contributed by atoms with Gasteiger partial charge in [-0.05, 0) is 37.0 Å². The van der Waals surface area contributed by atoms with Crippen molar-refractivity contribution >= 4 is 0 Å². The fraction of sp³-hybridized carbons (Fsp3) is 1.00. The van der Waals surface area contributed by atoms with Gasteiger partial charge in [-0.1, -0.05) is 27.7 Å². The van der Waals surface area contributed by atoms with E-state index in [4.69, 9.17) is 0 Å². The third-order valence-electron chi connectivity index (χ3n) is 3.62. The number of hydrogen-bond acceptors (Lipinski definition) is 1. The van der Waals surface area contributed by atoms with E-state index in [1.165, 1.54) is 6.42 Å². The first-order valence-corrected chi connectivity index (χ1v) is 5.18. The van der Waals surface area contributed by atoms with Gasteiger partial charge in [0.05, 0.1) is 5.60 Å². The molecule has 0 bridgehead atoms. The van der Waals surface area contributed by atoms with Crippen molar-refractivity contribution in [3.8, 4) is 0 Å². The highest BCUT2D eigenvalue weighted by molar-refractivity contribution is 4.92. The minimum absolute atomic E-state index is 0.354. The van der Waals surface area contributed by atoms with Crippen molar-refractivity contribution in [3.05, 3.63) is 0 Å². The SMILES string of the molecule is CC1CCC(O)(C(C)C(C)C)C1. The van der Waals surface area contributed by atoms with Gasteiger partial charge in [-0.3, -0.25) is 0 Å². The van der Waals surface area contributed by atoms with Crippen LogP contribution >= 0.6 is 0 Å². The van der Waals surface area contributed by atoms with Gasteiger partial charge in [0.2, 0.25) is 0 Å². The van der Waals surface area contributed by atoms with Gasteiger partial charge in [0.25, 0.3) is 0 Å². The maximum atomic E-state index is 10.3. The monoisotopic (exact) mass is 170 g/mol. The van der Waals surface area contributed by atoms with Crippen molar-refractivity contribution in [2.45, 2.75) is 52.6 Å². The van der Waals surface area contributed by atoms with Crippen LogP contribution in [-0.4, -0.2) is 10.7 Å². The molecular formula is C11H22O. The summed E-state index contributed by atoms with van der Waals surface area (Å²) in [5, 5.41) is 10.3. The Hall–Kier alpha value is -0.0400. The van der Waals surface area contributed by atoms with Gasteiger partial charge in [0.1, 0.15) is 0 Å². The van der Waals surface area contributed by atoms with E-state index in [0.29, 0.717) is 11.8 Å². The van der Waals surface area contributed by atoms with Gasteiger partial charge in [-0.2, -0.15) is 0 Å². The Kier molecular flexibility index (Phi) is 2.82. The van der Waals surface area contributed by atoms with E-state index in [9.17, 15) is 5.11 Å². The van der Waals surface area contributed by atoms with Crippen LogP contribution < -0.4 is 0 Å². The van der Waals surface area contributed by atoms with Gasteiger partial charge in [0.15, 0.2) is 0 Å². The lowest BCUT2D eigenvalue weighted by molar-refractivity contribution is -0.0257. The quantitative estimate of drug-likeness (QED) is 0.675. The Morgan fingerprint density at radius 2 is 1.92 bits per heavy atom. The third-order valence-corrected chi connectivity index (χ3v) is 3.62. The Balaban J connectivity index is 2.60. The van der Waals surface area contributed by atoms with Gasteiger partial charge in [-0.25, -0.2) is 0 Å². The van der Waals surface area contributed by atoms with E-state index >= 15 is 0 Å². The molecule has 12 heavy (non-hydrogen) atoms. The normalized spacial score (nSPS) is 39.0. The Morgan fingerprint density at radius 3 is 2.25 bits per heavy atom. The fourth-order valence-electron chi connectivity index (χ4n) is 2.34. The van der Waals surface area contributed by atoms with Gasteiger partial charge in [0, 0.05) is 0 Å². The predicted octanol–water partition coefficient (Wildman–Crippen LogP) is 2.83. The highest BCUT2D eigenvalue weighted by Crippen LogP contribution is 2.41. The number of rotatable bonds is 2. The molecule has 0 heterocycles. The average molecular weight is 170 g/mol. The van der Waals surface area contributed by atoms with E-state index in [1.54, 1.807) is 0 Å². The van der Waals surface area contributed by atoms with E-state index in [0.717, 1.165) is 18.8 Å². The molecule has 1 fully saturated rings. The van der Waals surface area contributed by atoms with Crippen LogP contribution in [0.5, 0.6) is 0 Å². The molecule has 3 atom stereocenters. The molecule has 0 amide bonds. The minimum Gasteiger partial charge on any atom is -0.390 e. The molecule has 1 aliphatic rings. The van der Waals surface area contributed by atoms with Gasteiger partial charge in [-0.15, -0.1) is 0 Å². The molecule has 1 rings (SSSR count). The lowest BCUT2D eigenvalue weighted by Crippen LogP contribution is -2.36. The van der Waals surface area contributed by atoms with Crippen molar-refractivity contribution < 1.29 is 5.11 Å². The fourth-order valence-corrected chi connectivity index (χ4v) is 2.34. The molecular weight excluding hydrogens is 148 g/mol. The minimum atomic E-state index is -0.354. The standard InChI is InChI=1S/C11H22O/c1-8(2)10(4)11(12)6-5-9(3)7-11/h8-10,12H,5-7H2,1-4H3. The van der Waals surface area contributed by atoms with Crippen LogP contribution in [0.15, 0.2) is 0 Å². The van der Waals surface area contributed by atoms with Crippen LogP contribution in [0, 0.1) is 17.8 Å². The molecule has 1 saturated carbocycles. The molecule has 0 radical (unpaired) electrons. The summed E-state index contributed by atoms with van der Waals surface area (Å²) in [6.07, 6.45) is 3.22. The second-order valence-corrected chi connectivity index (χ2v) is 4.98. The van der Waals surface area contributed by atoms with Gasteiger partial charge < -0.3 is 5.11 Å². The smallest absolute Gasteiger partial charge is 0.0678 e. The van der Waals surface area contributed by atoms with E-state index in [2.05, 4.69) is 27.7 Å². The van der Waals surface area contributed by atoms with Crippen molar-refractivity contribution in [2.24, 2.45) is 17.8 Å². The molecule has 1 N–H and O–H groups in total. The lowest BCUT2D eigenvalue weighted by Gasteiger charge is -2.33. The van der Waals surface area contributed by atoms with E-state index < -0.39 is 0 Å². The summed E-state index contributed by atoms with van der Waals surface area (Å²) in [6, 6.07) is 0. The molecule has 1 heteroatoms. The second-order valence-electron chi connectivity index (χ2n) is 4.98. The molecule has 1 nitrogen and oxygen atoms in total. The van der Waals surface area contributed by atoms with Crippen molar-refractivity contribution in [1.29, 1.82) is 0 Å². The van der Waals surface area contributed by atoms with Gasteiger partial charge >= 0.3 is 0 Å². The van der Waals surface area contributed by atoms with Crippen molar-refractivity contribution in [2.75, 3.05) is 0 Å². The van der Waals surface area contributed by atoms with E-state index in [-0.39, 0.29) is 5.60 Å². The van der Waals surface area contributed by atoms with Crippen molar-refractivity contribution in [3.63, 3.8) is 0 Å². The topological polar surface area (TPSA) is 20.2 Å². The highest BCUT2D eigenvalue weighted by Gasteiger charge is 2.40. The zero-order chi connectivity index (χ0) is 9.35. The zero-order valence-corrected chi connectivity index (χ0v) is 8.80. The predicted molar refractivity (Wildman–Crippen MR) is 52.0 cm³/mol. The van der Waals surface area contributed by atoms with Crippen LogP contribution in [-0.2, 0) is 0 Å². The molecule has 1 aliphatic carbocycles.